The Morgan fingerprint density at radius 1 is 1.28 bits per heavy atom. The van der Waals surface area contributed by atoms with Gasteiger partial charge in [0.05, 0.1) is 12.0 Å². The SMILES string of the molecule is C[C@H](Oc1cccc(Cl)c1)C(=O)NCc1ccccc1-n1ccnc1. The fraction of sp³-hybridized carbons (Fsp3) is 0.158. The number of nitrogens with zero attached hydrogens (tertiary/aromatic N) is 2. The molecule has 0 bridgehead atoms. The Bertz CT molecular complexity index is 849. The summed E-state index contributed by atoms with van der Waals surface area (Å²) in [6.07, 6.45) is 4.69. The molecule has 0 aliphatic heterocycles. The normalized spacial score (nSPS) is 11.8. The summed E-state index contributed by atoms with van der Waals surface area (Å²) in [5.41, 5.74) is 1.97. The van der Waals surface area contributed by atoms with Gasteiger partial charge in [0.15, 0.2) is 6.10 Å². The largest absolute Gasteiger partial charge is 0.481 e. The number of ether oxygens (including phenoxy) is 1. The van der Waals surface area contributed by atoms with Gasteiger partial charge in [-0.3, -0.25) is 4.79 Å². The van der Waals surface area contributed by atoms with Crippen molar-refractivity contribution in [2.24, 2.45) is 0 Å². The van der Waals surface area contributed by atoms with Crippen LogP contribution in [0.25, 0.3) is 5.69 Å². The molecule has 0 spiro atoms. The number of rotatable bonds is 6. The van der Waals surface area contributed by atoms with Crippen LogP contribution in [-0.4, -0.2) is 21.6 Å². The second kappa shape index (κ2) is 7.85. The van der Waals surface area contributed by atoms with Crippen molar-refractivity contribution in [1.29, 1.82) is 0 Å². The van der Waals surface area contributed by atoms with Crippen LogP contribution < -0.4 is 10.1 Å². The smallest absolute Gasteiger partial charge is 0.261 e. The van der Waals surface area contributed by atoms with E-state index in [-0.39, 0.29) is 5.91 Å². The van der Waals surface area contributed by atoms with Gasteiger partial charge in [0, 0.05) is 24.0 Å². The van der Waals surface area contributed by atoms with Crippen LogP contribution in [-0.2, 0) is 11.3 Å². The zero-order chi connectivity index (χ0) is 17.6. The van der Waals surface area contributed by atoms with Crippen LogP contribution in [0.5, 0.6) is 5.75 Å². The summed E-state index contributed by atoms with van der Waals surface area (Å²) < 4.78 is 7.55. The second-order valence-corrected chi connectivity index (χ2v) is 5.97. The van der Waals surface area contributed by atoms with Crippen molar-refractivity contribution in [2.45, 2.75) is 19.6 Å². The number of para-hydroxylation sites is 1. The molecule has 0 fully saturated rings. The number of hydrogen-bond acceptors (Lipinski definition) is 3. The maximum atomic E-state index is 12.3. The lowest BCUT2D eigenvalue weighted by molar-refractivity contribution is -0.127. The quantitative estimate of drug-likeness (QED) is 0.735. The standard InChI is InChI=1S/C19H18ClN3O2/c1-14(25-17-7-4-6-16(20)11-17)19(24)22-12-15-5-2-3-8-18(15)23-10-9-21-13-23/h2-11,13-14H,12H2,1H3,(H,22,24)/t14-/m0/s1. The minimum atomic E-state index is -0.626. The highest BCUT2D eigenvalue weighted by molar-refractivity contribution is 6.30. The zero-order valence-corrected chi connectivity index (χ0v) is 14.5. The van der Waals surface area contributed by atoms with Crippen LogP contribution in [0.4, 0.5) is 0 Å². The molecule has 0 saturated carbocycles. The van der Waals surface area contributed by atoms with Crippen molar-refractivity contribution in [3.63, 3.8) is 0 Å². The number of imidazole rings is 1. The van der Waals surface area contributed by atoms with E-state index in [1.807, 2.05) is 35.0 Å². The minimum Gasteiger partial charge on any atom is -0.481 e. The average Bonchev–Trinajstić information content (AvgIpc) is 3.14. The molecule has 128 valence electrons. The molecule has 0 aliphatic rings. The number of nitrogens with one attached hydrogen (secondary N) is 1. The van der Waals surface area contributed by atoms with E-state index < -0.39 is 6.10 Å². The summed E-state index contributed by atoms with van der Waals surface area (Å²) >= 11 is 5.93. The maximum absolute atomic E-state index is 12.3. The summed E-state index contributed by atoms with van der Waals surface area (Å²) in [6, 6.07) is 14.8. The first-order valence-corrected chi connectivity index (χ1v) is 8.27. The molecule has 6 heteroatoms. The monoisotopic (exact) mass is 355 g/mol. The molecule has 3 rings (SSSR count). The first-order valence-electron chi connectivity index (χ1n) is 7.89. The van der Waals surface area contributed by atoms with E-state index in [2.05, 4.69) is 10.3 Å². The molecule has 1 aromatic heterocycles. The van der Waals surface area contributed by atoms with Gasteiger partial charge >= 0.3 is 0 Å². The highest BCUT2D eigenvalue weighted by Gasteiger charge is 2.15. The molecule has 25 heavy (non-hydrogen) atoms. The number of aromatic nitrogens is 2. The molecule has 1 atom stereocenters. The summed E-state index contributed by atoms with van der Waals surface area (Å²) in [7, 11) is 0. The molecule has 0 unspecified atom stereocenters. The van der Waals surface area contributed by atoms with Crippen molar-refractivity contribution in [3.05, 3.63) is 77.8 Å². The molecule has 0 radical (unpaired) electrons. The Labute approximate surface area is 151 Å². The third-order valence-corrected chi connectivity index (χ3v) is 3.94. The first kappa shape index (κ1) is 17.0. The molecule has 0 aliphatic carbocycles. The van der Waals surface area contributed by atoms with Gasteiger partial charge in [-0.05, 0) is 36.8 Å². The summed E-state index contributed by atoms with van der Waals surface area (Å²) in [5, 5.41) is 3.47. The zero-order valence-electron chi connectivity index (χ0n) is 13.7. The highest BCUT2D eigenvalue weighted by atomic mass is 35.5. The van der Waals surface area contributed by atoms with E-state index in [0.29, 0.717) is 17.3 Å². The lowest BCUT2D eigenvalue weighted by Crippen LogP contribution is -2.36. The maximum Gasteiger partial charge on any atom is 0.261 e. The summed E-state index contributed by atoms with van der Waals surface area (Å²) in [6.45, 7) is 2.11. The van der Waals surface area contributed by atoms with Crippen molar-refractivity contribution in [3.8, 4) is 11.4 Å². The van der Waals surface area contributed by atoms with Crippen LogP contribution in [0.3, 0.4) is 0 Å². The lowest BCUT2D eigenvalue weighted by Gasteiger charge is -2.16. The predicted octanol–water partition coefficient (Wildman–Crippen LogP) is 3.61. The van der Waals surface area contributed by atoms with E-state index in [4.69, 9.17) is 16.3 Å². The number of amides is 1. The van der Waals surface area contributed by atoms with Crippen LogP contribution >= 0.6 is 11.6 Å². The topological polar surface area (TPSA) is 56.1 Å². The predicted molar refractivity (Wildman–Crippen MR) is 97.0 cm³/mol. The van der Waals surface area contributed by atoms with Gasteiger partial charge in [0.1, 0.15) is 5.75 Å². The third-order valence-electron chi connectivity index (χ3n) is 3.71. The van der Waals surface area contributed by atoms with Gasteiger partial charge in [0.25, 0.3) is 5.91 Å². The van der Waals surface area contributed by atoms with Crippen LogP contribution in [0.1, 0.15) is 12.5 Å². The van der Waals surface area contributed by atoms with Gasteiger partial charge < -0.3 is 14.6 Å². The van der Waals surface area contributed by atoms with E-state index in [9.17, 15) is 4.79 Å². The molecule has 1 heterocycles. The molecule has 0 saturated heterocycles. The fourth-order valence-corrected chi connectivity index (χ4v) is 2.62. The van der Waals surface area contributed by atoms with Gasteiger partial charge in [-0.2, -0.15) is 0 Å². The van der Waals surface area contributed by atoms with Crippen molar-refractivity contribution in [2.75, 3.05) is 0 Å². The molecular weight excluding hydrogens is 338 g/mol. The third kappa shape index (κ3) is 4.39. The van der Waals surface area contributed by atoms with Gasteiger partial charge in [-0.25, -0.2) is 4.98 Å². The van der Waals surface area contributed by atoms with Gasteiger partial charge in [-0.1, -0.05) is 35.9 Å². The lowest BCUT2D eigenvalue weighted by atomic mass is 10.1. The van der Waals surface area contributed by atoms with Gasteiger partial charge in [0.2, 0.25) is 0 Å². The number of benzene rings is 2. The first-order chi connectivity index (χ1) is 12.1. The molecule has 1 amide bonds. The van der Waals surface area contributed by atoms with Crippen molar-refractivity contribution < 1.29 is 9.53 Å². The number of carbonyl (C=O) groups is 1. The minimum absolute atomic E-state index is 0.194. The van der Waals surface area contributed by atoms with Crippen LogP contribution in [0, 0.1) is 0 Å². The molecule has 5 nitrogen and oxygen atoms in total. The van der Waals surface area contributed by atoms with Gasteiger partial charge in [-0.15, -0.1) is 0 Å². The van der Waals surface area contributed by atoms with E-state index >= 15 is 0 Å². The number of halogens is 1. The van der Waals surface area contributed by atoms with Crippen LogP contribution in [0.15, 0.2) is 67.3 Å². The Kier molecular flexibility index (Phi) is 5.36. The van der Waals surface area contributed by atoms with E-state index in [1.54, 1.807) is 43.7 Å². The molecular formula is C19H18ClN3O2. The van der Waals surface area contributed by atoms with Crippen molar-refractivity contribution >= 4 is 17.5 Å². The number of carbonyl (C=O) groups excluding carboxylic acids is 1. The number of hydrogen-bond donors (Lipinski definition) is 1. The van der Waals surface area contributed by atoms with E-state index in [0.717, 1.165) is 11.3 Å². The molecule has 3 aromatic rings. The summed E-state index contributed by atoms with van der Waals surface area (Å²) in [5.74, 6) is 0.370. The molecule has 1 N–H and O–H groups in total. The fourth-order valence-electron chi connectivity index (χ4n) is 2.44. The highest BCUT2D eigenvalue weighted by Crippen LogP contribution is 2.18. The Hall–Kier alpha value is -2.79. The van der Waals surface area contributed by atoms with Crippen molar-refractivity contribution in [1.82, 2.24) is 14.9 Å². The second-order valence-electron chi connectivity index (χ2n) is 5.53. The Balaban J connectivity index is 1.63. The Morgan fingerprint density at radius 3 is 2.88 bits per heavy atom. The Morgan fingerprint density at radius 2 is 2.12 bits per heavy atom. The summed E-state index contributed by atoms with van der Waals surface area (Å²) in [4.78, 5) is 16.4. The van der Waals surface area contributed by atoms with Crippen LogP contribution in [0.2, 0.25) is 5.02 Å². The van der Waals surface area contributed by atoms with E-state index in [1.165, 1.54) is 0 Å². The molecule has 2 aromatic carbocycles. The average molecular weight is 356 g/mol.